The molecule has 0 spiro atoms. The quantitative estimate of drug-likeness (QED) is 0.816. The minimum absolute atomic E-state index is 0.0153. The van der Waals surface area contributed by atoms with Gasteiger partial charge in [-0.15, -0.1) is 0 Å². The average molecular weight is 260 g/mol. The maximum absolute atomic E-state index is 13.1. The van der Waals surface area contributed by atoms with Gasteiger partial charge < -0.3 is 0 Å². The number of hydrogen-bond acceptors (Lipinski definition) is 3. The molecular formula is C16H24N2O. The number of fused-ring (bicyclic) bond motifs is 1. The van der Waals surface area contributed by atoms with Crippen molar-refractivity contribution in [2.75, 3.05) is 14.1 Å². The highest BCUT2D eigenvalue weighted by molar-refractivity contribution is 5.94. The molecular weight excluding hydrogens is 236 g/mol. The third kappa shape index (κ3) is 2.20. The number of aromatic nitrogens is 1. The van der Waals surface area contributed by atoms with E-state index in [2.05, 4.69) is 29.8 Å². The molecule has 3 nitrogen and oxygen atoms in total. The first-order valence-electron chi connectivity index (χ1n) is 7.22. The van der Waals surface area contributed by atoms with Crippen LogP contribution >= 0.6 is 0 Å². The third-order valence-corrected chi connectivity index (χ3v) is 4.76. The Bertz CT molecular complexity index is 464. The molecule has 1 aliphatic rings. The van der Waals surface area contributed by atoms with E-state index in [0.29, 0.717) is 5.78 Å². The topological polar surface area (TPSA) is 33.2 Å². The molecule has 0 saturated carbocycles. The highest BCUT2D eigenvalue weighted by Crippen LogP contribution is 2.38. The van der Waals surface area contributed by atoms with E-state index in [0.717, 1.165) is 31.4 Å². The van der Waals surface area contributed by atoms with Gasteiger partial charge in [-0.1, -0.05) is 19.9 Å². The molecule has 2 rings (SSSR count). The van der Waals surface area contributed by atoms with E-state index in [1.165, 1.54) is 5.56 Å². The lowest BCUT2D eigenvalue weighted by Gasteiger charge is -2.38. The van der Waals surface area contributed by atoms with Crippen molar-refractivity contribution in [2.24, 2.45) is 0 Å². The molecule has 1 aromatic rings. The first-order valence-corrected chi connectivity index (χ1v) is 7.22. The Hall–Kier alpha value is -1.22. The van der Waals surface area contributed by atoms with Crippen LogP contribution in [-0.2, 0) is 11.2 Å². The molecule has 0 fully saturated rings. The van der Waals surface area contributed by atoms with Gasteiger partial charge in [-0.05, 0) is 51.4 Å². The maximum atomic E-state index is 13.1. The van der Waals surface area contributed by atoms with Crippen LogP contribution in [0.2, 0.25) is 0 Å². The Labute approximate surface area is 116 Å². The van der Waals surface area contributed by atoms with E-state index in [-0.39, 0.29) is 11.5 Å². The van der Waals surface area contributed by atoms with Gasteiger partial charge in [0.1, 0.15) is 0 Å². The molecule has 1 heterocycles. The molecule has 3 heteroatoms. The van der Waals surface area contributed by atoms with Gasteiger partial charge in [-0.2, -0.15) is 0 Å². The number of rotatable bonds is 5. The summed E-state index contributed by atoms with van der Waals surface area (Å²) in [5.74, 6) is 0.332. The lowest BCUT2D eigenvalue weighted by atomic mass is 9.79. The smallest absolute Gasteiger partial charge is 0.162 e. The van der Waals surface area contributed by atoms with Gasteiger partial charge in [-0.3, -0.25) is 14.7 Å². The number of likely N-dealkylation sites (N-methyl/N-ethyl adjacent to an activating group) is 1. The molecule has 1 aliphatic carbocycles. The van der Waals surface area contributed by atoms with Gasteiger partial charge in [0, 0.05) is 6.20 Å². The number of ketones is 1. The van der Waals surface area contributed by atoms with E-state index >= 15 is 0 Å². The molecule has 0 N–H and O–H groups in total. The van der Waals surface area contributed by atoms with E-state index in [1.807, 2.05) is 20.2 Å². The van der Waals surface area contributed by atoms with E-state index in [1.54, 1.807) is 6.20 Å². The fourth-order valence-electron chi connectivity index (χ4n) is 3.44. The second kappa shape index (κ2) is 5.41. The molecule has 0 saturated heterocycles. The predicted molar refractivity (Wildman–Crippen MR) is 77.3 cm³/mol. The lowest BCUT2D eigenvalue weighted by molar-refractivity contribution is -0.132. The first-order chi connectivity index (χ1) is 9.06. The van der Waals surface area contributed by atoms with Crippen LogP contribution in [0, 0.1) is 0 Å². The van der Waals surface area contributed by atoms with E-state index < -0.39 is 0 Å². The summed E-state index contributed by atoms with van der Waals surface area (Å²) in [6.07, 6.45) is 5.42. The summed E-state index contributed by atoms with van der Waals surface area (Å²) in [4.78, 5) is 19.6. The maximum Gasteiger partial charge on any atom is 0.162 e. The van der Waals surface area contributed by atoms with Crippen molar-refractivity contribution in [3.63, 3.8) is 0 Å². The molecule has 1 unspecified atom stereocenters. The van der Waals surface area contributed by atoms with Crippen LogP contribution in [0.15, 0.2) is 18.3 Å². The SMILES string of the molecule is CCC(CC)(C(=O)C1CCc2cccnc21)N(C)C. The normalized spacial score (nSPS) is 18.7. The molecule has 104 valence electrons. The van der Waals surface area contributed by atoms with Crippen molar-refractivity contribution >= 4 is 5.78 Å². The number of Topliss-reactive ketones (excluding diaryl/α,β-unsaturated/α-hetero) is 1. The summed E-state index contributed by atoms with van der Waals surface area (Å²) in [6, 6.07) is 4.06. The second-order valence-corrected chi connectivity index (χ2v) is 5.64. The van der Waals surface area contributed by atoms with Crippen LogP contribution in [0.1, 0.15) is 50.3 Å². The number of aryl methyl sites for hydroxylation is 1. The Morgan fingerprint density at radius 1 is 1.42 bits per heavy atom. The zero-order valence-electron chi connectivity index (χ0n) is 12.4. The van der Waals surface area contributed by atoms with Crippen LogP contribution in [0.4, 0.5) is 0 Å². The lowest BCUT2D eigenvalue weighted by Crippen LogP contribution is -2.52. The van der Waals surface area contributed by atoms with Crippen molar-refractivity contribution < 1.29 is 4.79 Å². The van der Waals surface area contributed by atoms with Crippen LogP contribution in [0.3, 0.4) is 0 Å². The summed E-state index contributed by atoms with van der Waals surface area (Å²) in [6.45, 7) is 4.21. The van der Waals surface area contributed by atoms with Gasteiger partial charge in [0.2, 0.25) is 0 Å². The number of nitrogens with zero attached hydrogens (tertiary/aromatic N) is 2. The molecule has 1 aromatic heterocycles. The van der Waals surface area contributed by atoms with Crippen molar-refractivity contribution in [3.05, 3.63) is 29.6 Å². The van der Waals surface area contributed by atoms with Gasteiger partial charge >= 0.3 is 0 Å². The molecule has 0 radical (unpaired) electrons. The molecule has 0 amide bonds. The van der Waals surface area contributed by atoms with Crippen LogP contribution in [-0.4, -0.2) is 35.3 Å². The summed E-state index contributed by atoms with van der Waals surface area (Å²) >= 11 is 0. The Morgan fingerprint density at radius 3 is 2.68 bits per heavy atom. The summed E-state index contributed by atoms with van der Waals surface area (Å²) < 4.78 is 0. The standard InChI is InChI=1S/C16H24N2O/c1-5-16(6-2,18(3)4)15(19)13-10-9-12-8-7-11-17-14(12)13/h7-8,11,13H,5-6,9-10H2,1-4H3. The Morgan fingerprint density at radius 2 is 2.11 bits per heavy atom. The zero-order chi connectivity index (χ0) is 14.0. The molecule has 1 atom stereocenters. The van der Waals surface area contributed by atoms with Crippen LogP contribution in [0.25, 0.3) is 0 Å². The number of carbonyl (C=O) groups is 1. The Kier molecular flexibility index (Phi) is 4.04. The highest BCUT2D eigenvalue weighted by Gasteiger charge is 2.43. The Balaban J connectivity index is 2.35. The van der Waals surface area contributed by atoms with Crippen molar-refractivity contribution in [2.45, 2.75) is 51.0 Å². The van der Waals surface area contributed by atoms with Crippen LogP contribution in [0.5, 0.6) is 0 Å². The summed E-state index contributed by atoms with van der Waals surface area (Å²) in [7, 11) is 4.03. The zero-order valence-corrected chi connectivity index (χ0v) is 12.4. The number of hydrogen-bond donors (Lipinski definition) is 0. The van der Waals surface area contributed by atoms with Crippen molar-refractivity contribution in [1.82, 2.24) is 9.88 Å². The van der Waals surface area contributed by atoms with Gasteiger partial charge in [-0.25, -0.2) is 0 Å². The molecule has 0 aromatic carbocycles. The third-order valence-electron chi connectivity index (χ3n) is 4.76. The van der Waals surface area contributed by atoms with Gasteiger partial charge in [0.05, 0.1) is 17.2 Å². The summed E-state index contributed by atoms with van der Waals surface area (Å²) in [5, 5.41) is 0. The van der Waals surface area contributed by atoms with Gasteiger partial charge in [0.25, 0.3) is 0 Å². The van der Waals surface area contributed by atoms with Crippen molar-refractivity contribution in [1.29, 1.82) is 0 Å². The minimum atomic E-state index is -0.343. The van der Waals surface area contributed by atoms with E-state index in [4.69, 9.17) is 0 Å². The molecule has 19 heavy (non-hydrogen) atoms. The number of pyridine rings is 1. The monoisotopic (exact) mass is 260 g/mol. The summed E-state index contributed by atoms with van der Waals surface area (Å²) in [5.41, 5.74) is 1.92. The highest BCUT2D eigenvalue weighted by atomic mass is 16.1. The van der Waals surface area contributed by atoms with Crippen molar-refractivity contribution in [3.8, 4) is 0 Å². The fourth-order valence-corrected chi connectivity index (χ4v) is 3.44. The van der Waals surface area contributed by atoms with Gasteiger partial charge in [0.15, 0.2) is 5.78 Å². The minimum Gasteiger partial charge on any atom is -0.297 e. The first kappa shape index (κ1) is 14.2. The van der Waals surface area contributed by atoms with Crippen LogP contribution < -0.4 is 0 Å². The second-order valence-electron chi connectivity index (χ2n) is 5.64. The van der Waals surface area contributed by atoms with E-state index in [9.17, 15) is 4.79 Å². The number of carbonyl (C=O) groups excluding carboxylic acids is 1. The average Bonchev–Trinajstić information content (AvgIpc) is 2.84. The predicted octanol–water partition coefficient (Wildman–Crippen LogP) is 2.80. The molecule has 0 aliphatic heterocycles. The largest absolute Gasteiger partial charge is 0.297 e. The fraction of sp³-hybridized carbons (Fsp3) is 0.625. The molecule has 0 bridgehead atoms.